The molecule has 1 aliphatic rings. The van der Waals surface area contributed by atoms with E-state index in [4.69, 9.17) is 10.3 Å². The Morgan fingerprint density at radius 2 is 2.00 bits per heavy atom. The first kappa shape index (κ1) is 19.5. The summed E-state index contributed by atoms with van der Waals surface area (Å²) in [5.41, 5.74) is 9.22. The van der Waals surface area contributed by atoms with Gasteiger partial charge in [-0.2, -0.15) is 4.79 Å². The van der Waals surface area contributed by atoms with Gasteiger partial charge in [0.05, 0.1) is 6.10 Å². The number of nitrogens with zero attached hydrogens (tertiary/aromatic N) is 2. The second kappa shape index (κ2) is 9.60. The van der Waals surface area contributed by atoms with E-state index >= 15 is 0 Å². The van der Waals surface area contributed by atoms with Crippen LogP contribution in [-0.4, -0.2) is 52.0 Å². The molecule has 0 aliphatic heterocycles. The average molecular weight is 359 g/mol. The third-order valence-electron chi connectivity index (χ3n) is 3.93. The number of amides is 1. The largest absolute Gasteiger partial charge is 0.480 e. The SMILES string of the molecule is [N-]=[N+]=CC(=O)CC[C@H](NC(=O)[C@H](Cc1ccccc1)OC1CC1)C(=O)O. The number of carboxylic acid groups (broad SMARTS) is 1. The fourth-order valence-electron chi connectivity index (χ4n) is 2.40. The van der Waals surface area contributed by atoms with Gasteiger partial charge in [0.2, 0.25) is 11.7 Å². The van der Waals surface area contributed by atoms with Crippen LogP contribution >= 0.6 is 0 Å². The fraction of sp³-hybridized carbons (Fsp3) is 0.444. The standard InChI is InChI=1S/C18H21N3O5/c19-20-11-13(22)6-9-15(18(24)25)21-17(23)16(26-14-7-8-14)10-12-4-2-1-3-5-12/h1-5,11,14-16H,6-10H2,(H,21,23)(H,24,25)/t15-,16-/m0/s1. The lowest BCUT2D eigenvalue weighted by molar-refractivity contribution is -0.145. The maximum absolute atomic E-state index is 12.5. The first-order chi connectivity index (χ1) is 12.5. The first-order valence-electron chi connectivity index (χ1n) is 8.42. The first-order valence-corrected chi connectivity index (χ1v) is 8.42. The molecule has 0 aromatic heterocycles. The van der Waals surface area contributed by atoms with Crippen LogP contribution in [0.15, 0.2) is 30.3 Å². The molecule has 1 aromatic rings. The Morgan fingerprint density at radius 1 is 1.31 bits per heavy atom. The number of ether oxygens (including phenoxy) is 1. The van der Waals surface area contributed by atoms with E-state index in [1.165, 1.54) is 0 Å². The third kappa shape index (κ3) is 6.58. The van der Waals surface area contributed by atoms with Crippen LogP contribution in [0.3, 0.4) is 0 Å². The van der Waals surface area contributed by atoms with Crippen LogP contribution < -0.4 is 5.32 Å². The molecular weight excluding hydrogens is 338 g/mol. The van der Waals surface area contributed by atoms with Gasteiger partial charge in [-0.3, -0.25) is 9.59 Å². The zero-order valence-electron chi connectivity index (χ0n) is 14.2. The molecule has 0 bridgehead atoms. The van der Waals surface area contributed by atoms with Crippen molar-refractivity contribution in [3.8, 4) is 0 Å². The quantitative estimate of drug-likeness (QED) is 0.346. The molecule has 0 radical (unpaired) electrons. The van der Waals surface area contributed by atoms with Gasteiger partial charge in [0.1, 0.15) is 12.1 Å². The molecule has 1 aliphatic carbocycles. The Balaban J connectivity index is 1.99. The zero-order chi connectivity index (χ0) is 18.9. The summed E-state index contributed by atoms with van der Waals surface area (Å²) in [7, 11) is 0. The molecule has 1 saturated carbocycles. The van der Waals surface area contributed by atoms with Crippen molar-refractivity contribution in [2.75, 3.05) is 0 Å². The molecule has 8 nitrogen and oxygen atoms in total. The van der Waals surface area contributed by atoms with E-state index in [1.54, 1.807) is 0 Å². The minimum atomic E-state index is -1.24. The Hall–Kier alpha value is -2.83. The van der Waals surface area contributed by atoms with Crippen molar-refractivity contribution >= 4 is 23.9 Å². The van der Waals surface area contributed by atoms with E-state index in [0.29, 0.717) is 12.6 Å². The summed E-state index contributed by atoms with van der Waals surface area (Å²) in [6.45, 7) is 0. The van der Waals surface area contributed by atoms with Crippen molar-refractivity contribution < 1.29 is 29.0 Å². The van der Waals surface area contributed by atoms with Crippen LogP contribution in [-0.2, 0) is 25.5 Å². The lowest BCUT2D eigenvalue weighted by atomic mass is 10.1. The summed E-state index contributed by atoms with van der Waals surface area (Å²) in [5.74, 6) is -2.28. The van der Waals surface area contributed by atoms with E-state index in [9.17, 15) is 19.5 Å². The number of carbonyl (C=O) groups excluding carboxylic acids is 2. The van der Waals surface area contributed by atoms with E-state index in [1.807, 2.05) is 30.3 Å². The summed E-state index contributed by atoms with van der Waals surface area (Å²) in [4.78, 5) is 37.9. The molecule has 0 saturated heterocycles. The molecule has 138 valence electrons. The van der Waals surface area contributed by atoms with Gasteiger partial charge in [-0.15, -0.1) is 0 Å². The van der Waals surface area contributed by atoms with Crippen LogP contribution in [0.25, 0.3) is 5.53 Å². The monoisotopic (exact) mass is 359 g/mol. The minimum Gasteiger partial charge on any atom is -0.480 e. The van der Waals surface area contributed by atoms with Crippen LogP contribution in [0.4, 0.5) is 0 Å². The summed E-state index contributed by atoms with van der Waals surface area (Å²) < 4.78 is 5.75. The van der Waals surface area contributed by atoms with Gasteiger partial charge in [0.25, 0.3) is 0 Å². The number of benzene rings is 1. The van der Waals surface area contributed by atoms with E-state index in [-0.39, 0.29) is 18.9 Å². The van der Waals surface area contributed by atoms with E-state index in [0.717, 1.165) is 18.4 Å². The van der Waals surface area contributed by atoms with Gasteiger partial charge in [0, 0.05) is 12.8 Å². The second-order valence-electron chi connectivity index (χ2n) is 6.16. The topological polar surface area (TPSA) is 129 Å². The van der Waals surface area contributed by atoms with Crippen molar-refractivity contribution in [2.24, 2.45) is 0 Å². The molecule has 1 aromatic carbocycles. The molecule has 8 heteroatoms. The maximum atomic E-state index is 12.5. The molecular formula is C18H21N3O5. The zero-order valence-corrected chi connectivity index (χ0v) is 14.2. The van der Waals surface area contributed by atoms with E-state index < -0.39 is 29.8 Å². The smallest absolute Gasteiger partial charge is 0.326 e. The highest BCUT2D eigenvalue weighted by Gasteiger charge is 2.32. The molecule has 0 heterocycles. The number of hydrogen-bond donors (Lipinski definition) is 2. The Kier molecular flexibility index (Phi) is 7.20. The molecule has 2 atom stereocenters. The molecule has 1 amide bonds. The predicted octanol–water partition coefficient (Wildman–Crippen LogP) is 0.996. The summed E-state index contributed by atoms with van der Waals surface area (Å²) in [6, 6.07) is 8.11. The van der Waals surface area contributed by atoms with Crippen LogP contribution in [0.1, 0.15) is 31.2 Å². The lowest BCUT2D eigenvalue weighted by Gasteiger charge is -2.20. The summed E-state index contributed by atoms with van der Waals surface area (Å²) in [6.07, 6.45) is 1.79. The number of nitrogens with one attached hydrogen (secondary N) is 1. The number of hydrogen-bond acceptors (Lipinski definition) is 4. The highest BCUT2D eigenvalue weighted by atomic mass is 16.5. The summed E-state index contributed by atoms with van der Waals surface area (Å²) >= 11 is 0. The fourth-order valence-corrected chi connectivity index (χ4v) is 2.40. The van der Waals surface area contributed by atoms with Crippen molar-refractivity contribution in [1.29, 1.82) is 0 Å². The second-order valence-corrected chi connectivity index (χ2v) is 6.16. The van der Waals surface area contributed by atoms with Gasteiger partial charge in [-0.05, 0) is 24.8 Å². The number of Topliss-reactive ketones (excluding diaryl/α,β-unsaturated/α-hetero) is 1. The van der Waals surface area contributed by atoms with Gasteiger partial charge >= 0.3 is 12.2 Å². The van der Waals surface area contributed by atoms with Gasteiger partial charge in [-0.1, -0.05) is 30.3 Å². The minimum absolute atomic E-state index is 0.0279. The Morgan fingerprint density at radius 3 is 2.58 bits per heavy atom. The number of carboxylic acids is 1. The third-order valence-corrected chi connectivity index (χ3v) is 3.93. The number of aliphatic carboxylic acids is 1. The van der Waals surface area contributed by atoms with Gasteiger partial charge in [-0.25, -0.2) is 4.79 Å². The van der Waals surface area contributed by atoms with E-state index in [2.05, 4.69) is 10.1 Å². The summed E-state index contributed by atoms with van der Waals surface area (Å²) in [5, 5.41) is 11.7. The van der Waals surface area contributed by atoms with Crippen molar-refractivity contribution in [3.63, 3.8) is 0 Å². The predicted molar refractivity (Wildman–Crippen MR) is 91.5 cm³/mol. The molecule has 1 fully saturated rings. The number of ketones is 1. The molecule has 0 unspecified atom stereocenters. The normalized spacial score (nSPS) is 15.4. The lowest BCUT2D eigenvalue weighted by Crippen LogP contribution is -2.47. The Labute approximate surface area is 150 Å². The number of rotatable bonds is 11. The van der Waals surface area contributed by atoms with Gasteiger partial charge in [0.15, 0.2) is 0 Å². The van der Waals surface area contributed by atoms with Crippen LogP contribution in [0, 0.1) is 0 Å². The van der Waals surface area contributed by atoms with Crippen molar-refractivity contribution in [1.82, 2.24) is 5.32 Å². The van der Waals surface area contributed by atoms with Crippen LogP contribution in [0.2, 0.25) is 0 Å². The molecule has 2 rings (SSSR count). The Bertz CT molecular complexity index is 696. The number of carbonyl (C=O) groups is 3. The van der Waals surface area contributed by atoms with Crippen LogP contribution in [0.5, 0.6) is 0 Å². The van der Waals surface area contributed by atoms with Gasteiger partial charge < -0.3 is 20.7 Å². The highest BCUT2D eigenvalue weighted by Crippen LogP contribution is 2.26. The maximum Gasteiger partial charge on any atom is 0.326 e. The molecule has 2 N–H and O–H groups in total. The van der Waals surface area contributed by atoms with Crippen molar-refractivity contribution in [3.05, 3.63) is 41.4 Å². The molecule has 0 spiro atoms. The molecule has 26 heavy (non-hydrogen) atoms. The average Bonchev–Trinajstić information content (AvgIpc) is 3.43. The highest BCUT2D eigenvalue weighted by molar-refractivity contribution is 6.25. The van der Waals surface area contributed by atoms with Crippen molar-refractivity contribution in [2.45, 2.75) is 50.4 Å².